The minimum atomic E-state index is 0.668. The van der Waals surface area contributed by atoms with Gasteiger partial charge in [0.25, 0.3) is 0 Å². The highest BCUT2D eigenvalue weighted by Crippen LogP contribution is 2.01. The molecule has 0 rings (SSSR count). The van der Waals surface area contributed by atoms with Gasteiger partial charge in [-0.15, -0.1) is 0 Å². The molecule has 0 aromatic heterocycles. The van der Waals surface area contributed by atoms with Gasteiger partial charge in [-0.3, -0.25) is 0 Å². The molecule has 0 aromatic carbocycles. The summed E-state index contributed by atoms with van der Waals surface area (Å²) in [4.78, 5) is 0. The summed E-state index contributed by atoms with van der Waals surface area (Å²) in [5, 5.41) is 0. The summed E-state index contributed by atoms with van der Waals surface area (Å²) in [5.41, 5.74) is 1.35. The Balaban J connectivity index is 3.84. The first-order chi connectivity index (χ1) is 4.16. The van der Waals surface area contributed by atoms with Crippen molar-refractivity contribution in [2.24, 2.45) is 5.92 Å². The van der Waals surface area contributed by atoms with E-state index in [4.69, 9.17) is 0 Å². The lowest BCUT2D eigenvalue weighted by Gasteiger charge is -1.95. The van der Waals surface area contributed by atoms with Gasteiger partial charge in [-0.05, 0) is 19.8 Å². The quantitative estimate of drug-likeness (QED) is 0.496. The Morgan fingerprint density at radius 3 is 2.22 bits per heavy atom. The van der Waals surface area contributed by atoms with Gasteiger partial charge in [0.2, 0.25) is 0 Å². The summed E-state index contributed by atoms with van der Waals surface area (Å²) in [6, 6.07) is 0. The Bertz CT molecular complexity index is 116. The fourth-order valence-corrected chi connectivity index (χ4v) is 0.844. The van der Waals surface area contributed by atoms with E-state index >= 15 is 0 Å². The topological polar surface area (TPSA) is 0 Å². The normalized spacial score (nSPS) is 13.7. The molecule has 0 nitrogen and oxygen atoms in total. The first-order valence-electron chi connectivity index (χ1n) is 3.48. The van der Waals surface area contributed by atoms with Crippen molar-refractivity contribution in [2.75, 3.05) is 0 Å². The number of hydrogen-bond acceptors (Lipinski definition) is 0. The van der Waals surface area contributed by atoms with Gasteiger partial charge in [-0.25, -0.2) is 0 Å². The molecule has 9 heavy (non-hydrogen) atoms. The lowest BCUT2D eigenvalue weighted by atomic mass is 10.1. The van der Waals surface area contributed by atoms with E-state index in [1.54, 1.807) is 0 Å². The van der Waals surface area contributed by atoms with Crippen molar-refractivity contribution in [3.63, 3.8) is 0 Å². The second kappa shape index (κ2) is 4.37. The van der Waals surface area contributed by atoms with Crippen LogP contribution >= 0.6 is 0 Å². The molecule has 0 amide bonds. The zero-order valence-corrected chi connectivity index (χ0v) is 6.81. The van der Waals surface area contributed by atoms with Crippen LogP contribution < -0.4 is 0 Å². The van der Waals surface area contributed by atoms with Crippen molar-refractivity contribution in [1.29, 1.82) is 0 Å². The summed E-state index contributed by atoms with van der Waals surface area (Å²) in [7, 11) is 0. The third kappa shape index (κ3) is 5.35. The molecule has 0 aliphatic rings. The highest BCUT2D eigenvalue weighted by atomic mass is 13.9. The Kier molecular flexibility index (Phi) is 4.12. The van der Waals surface area contributed by atoms with Crippen LogP contribution in [0.2, 0.25) is 0 Å². The maximum absolute atomic E-state index is 2.25. The maximum atomic E-state index is 2.25. The van der Waals surface area contributed by atoms with Crippen LogP contribution in [0.15, 0.2) is 23.8 Å². The number of hydrogen-bond donors (Lipinski definition) is 0. The van der Waals surface area contributed by atoms with E-state index in [0.29, 0.717) is 5.92 Å². The standard InChI is InChI=1S/C9H16/c1-5-6-9(4)7-8(2)3/h5-8H,1-4H3/b6-5+,9-7+. The Hall–Kier alpha value is -0.520. The van der Waals surface area contributed by atoms with E-state index in [2.05, 4.69) is 39.0 Å². The summed E-state index contributed by atoms with van der Waals surface area (Å²) in [6.45, 7) is 8.54. The summed E-state index contributed by atoms with van der Waals surface area (Å²) >= 11 is 0. The molecule has 0 saturated heterocycles. The molecule has 0 heterocycles. The van der Waals surface area contributed by atoms with Crippen LogP contribution in [0.25, 0.3) is 0 Å². The molecule has 52 valence electrons. The molecule has 0 N–H and O–H groups in total. The van der Waals surface area contributed by atoms with Gasteiger partial charge in [-0.2, -0.15) is 0 Å². The molecule has 0 aliphatic carbocycles. The monoisotopic (exact) mass is 124 g/mol. The van der Waals surface area contributed by atoms with Crippen molar-refractivity contribution < 1.29 is 0 Å². The largest absolute Gasteiger partial charge is 0.0874 e. The Morgan fingerprint density at radius 1 is 1.33 bits per heavy atom. The molecular formula is C9H16. The molecular weight excluding hydrogens is 108 g/mol. The van der Waals surface area contributed by atoms with Gasteiger partial charge >= 0.3 is 0 Å². The molecule has 0 heteroatoms. The smallest absolute Gasteiger partial charge is 0.0285 e. The molecule has 0 fully saturated rings. The van der Waals surface area contributed by atoms with Gasteiger partial charge in [0.15, 0.2) is 0 Å². The van der Waals surface area contributed by atoms with E-state index < -0.39 is 0 Å². The zero-order chi connectivity index (χ0) is 7.28. The summed E-state index contributed by atoms with van der Waals surface area (Å²) < 4.78 is 0. The van der Waals surface area contributed by atoms with Crippen LogP contribution in [-0.4, -0.2) is 0 Å². The van der Waals surface area contributed by atoms with Crippen molar-refractivity contribution >= 4 is 0 Å². The third-order valence-corrected chi connectivity index (χ3v) is 1.03. The summed E-state index contributed by atoms with van der Waals surface area (Å²) in [5.74, 6) is 0.668. The third-order valence-electron chi connectivity index (χ3n) is 1.03. The van der Waals surface area contributed by atoms with Crippen LogP contribution in [0.1, 0.15) is 27.7 Å². The lowest BCUT2D eigenvalue weighted by molar-refractivity contribution is 0.825. The van der Waals surface area contributed by atoms with Gasteiger partial charge in [0.05, 0.1) is 0 Å². The summed E-state index contributed by atoms with van der Waals surface area (Å²) in [6.07, 6.45) is 6.44. The van der Waals surface area contributed by atoms with Crippen LogP contribution in [0.3, 0.4) is 0 Å². The van der Waals surface area contributed by atoms with E-state index in [-0.39, 0.29) is 0 Å². The predicted octanol–water partition coefficient (Wildman–Crippen LogP) is 3.16. The Labute approximate surface area is 58.3 Å². The van der Waals surface area contributed by atoms with Gasteiger partial charge in [0.1, 0.15) is 0 Å². The fraction of sp³-hybridized carbons (Fsp3) is 0.556. The van der Waals surface area contributed by atoms with Crippen LogP contribution in [-0.2, 0) is 0 Å². The van der Waals surface area contributed by atoms with Crippen molar-refractivity contribution in [1.82, 2.24) is 0 Å². The van der Waals surface area contributed by atoms with Crippen molar-refractivity contribution in [3.05, 3.63) is 23.8 Å². The van der Waals surface area contributed by atoms with Crippen LogP contribution in [0.5, 0.6) is 0 Å². The molecule has 0 unspecified atom stereocenters. The van der Waals surface area contributed by atoms with Crippen LogP contribution in [0, 0.1) is 5.92 Å². The first kappa shape index (κ1) is 8.48. The Morgan fingerprint density at radius 2 is 1.89 bits per heavy atom. The second-order valence-electron chi connectivity index (χ2n) is 2.65. The van der Waals surface area contributed by atoms with E-state index in [1.165, 1.54) is 5.57 Å². The number of allylic oxidation sites excluding steroid dienone is 4. The molecule has 0 spiro atoms. The van der Waals surface area contributed by atoms with E-state index in [9.17, 15) is 0 Å². The minimum Gasteiger partial charge on any atom is -0.0874 e. The average molecular weight is 124 g/mol. The minimum absolute atomic E-state index is 0.668. The first-order valence-corrected chi connectivity index (χ1v) is 3.48. The molecule has 0 saturated carbocycles. The SMILES string of the molecule is C/C=C/C(C)=C/C(C)C. The number of rotatable bonds is 2. The molecule has 0 bridgehead atoms. The molecule has 0 aromatic rings. The van der Waals surface area contributed by atoms with Crippen molar-refractivity contribution in [2.45, 2.75) is 27.7 Å². The van der Waals surface area contributed by atoms with E-state index in [1.807, 2.05) is 6.92 Å². The fourth-order valence-electron chi connectivity index (χ4n) is 0.844. The lowest BCUT2D eigenvalue weighted by Crippen LogP contribution is -1.79. The molecule has 0 radical (unpaired) electrons. The van der Waals surface area contributed by atoms with Gasteiger partial charge in [-0.1, -0.05) is 37.6 Å². The second-order valence-corrected chi connectivity index (χ2v) is 2.65. The highest BCUT2D eigenvalue weighted by molar-refractivity contribution is 5.15. The predicted molar refractivity (Wildman–Crippen MR) is 43.4 cm³/mol. The zero-order valence-electron chi connectivity index (χ0n) is 6.81. The van der Waals surface area contributed by atoms with Crippen LogP contribution in [0.4, 0.5) is 0 Å². The van der Waals surface area contributed by atoms with Gasteiger partial charge < -0.3 is 0 Å². The molecule has 0 aliphatic heterocycles. The highest BCUT2D eigenvalue weighted by Gasteiger charge is 1.85. The maximum Gasteiger partial charge on any atom is -0.0285 e. The van der Waals surface area contributed by atoms with E-state index in [0.717, 1.165) is 0 Å². The molecule has 0 atom stereocenters. The van der Waals surface area contributed by atoms with Gasteiger partial charge in [0, 0.05) is 0 Å². The van der Waals surface area contributed by atoms with Crippen molar-refractivity contribution in [3.8, 4) is 0 Å². The average Bonchev–Trinajstić information content (AvgIpc) is 1.63.